The Morgan fingerprint density at radius 2 is 1.83 bits per heavy atom. The molecule has 5 nitrogen and oxygen atoms in total. The summed E-state index contributed by atoms with van der Waals surface area (Å²) in [6, 6.07) is 14.0. The molecule has 2 aromatic rings. The predicted octanol–water partition coefficient (Wildman–Crippen LogP) is 4.91. The van der Waals surface area contributed by atoms with E-state index in [2.05, 4.69) is 0 Å². The summed E-state index contributed by atoms with van der Waals surface area (Å²) in [6.07, 6.45) is 0.688. The summed E-state index contributed by atoms with van der Waals surface area (Å²) in [5, 5.41) is 20.6. The van der Waals surface area contributed by atoms with E-state index < -0.39 is 17.9 Å². The molecule has 0 bridgehead atoms. The number of nitrogens with zero attached hydrogens (tertiary/aromatic N) is 1. The molecular formula is C23H25Cl2NO4. The number of carbonyl (C=O) groups is 2. The quantitative estimate of drug-likeness (QED) is 0.628. The SMILES string of the molecule is CC[C@@H](CO)N1C(=O)[C@@H](CC(=O)O)C[C@H](c2cccc(Cl)c2)C1c1ccc(Cl)cc1. The molecule has 1 amide bonds. The fraction of sp³-hybridized carbons (Fsp3) is 0.391. The van der Waals surface area contributed by atoms with E-state index >= 15 is 0 Å². The number of carbonyl (C=O) groups excluding carboxylic acids is 1. The number of hydrogen-bond donors (Lipinski definition) is 2. The molecular weight excluding hydrogens is 425 g/mol. The highest BCUT2D eigenvalue weighted by atomic mass is 35.5. The lowest BCUT2D eigenvalue weighted by atomic mass is 9.74. The Kier molecular flexibility index (Phi) is 7.40. The van der Waals surface area contributed by atoms with Crippen LogP contribution >= 0.6 is 23.2 Å². The van der Waals surface area contributed by atoms with Gasteiger partial charge >= 0.3 is 5.97 Å². The van der Waals surface area contributed by atoms with E-state index in [4.69, 9.17) is 23.2 Å². The van der Waals surface area contributed by atoms with Crippen molar-refractivity contribution in [3.8, 4) is 0 Å². The molecule has 1 fully saturated rings. The minimum Gasteiger partial charge on any atom is -0.481 e. The van der Waals surface area contributed by atoms with Crippen LogP contribution in [0.5, 0.6) is 0 Å². The predicted molar refractivity (Wildman–Crippen MR) is 117 cm³/mol. The van der Waals surface area contributed by atoms with Crippen LogP contribution in [0.1, 0.15) is 49.3 Å². The average Bonchev–Trinajstić information content (AvgIpc) is 2.71. The Morgan fingerprint density at radius 1 is 1.13 bits per heavy atom. The maximum atomic E-state index is 13.4. The Morgan fingerprint density at radius 3 is 2.40 bits per heavy atom. The van der Waals surface area contributed by atoms with E-state index in [0.717, 1.165) is 11.1 Å². The molecule has 1 aliphatic rings. The molecule has 7 heteroatoms. The molecule has 1 aliphatic heterocycles. The Labute approximate surface area is 186 Å². The molecule has 0 aromatic heterocycles. The van der Waals surface area contributed by atoms with Crippen molar-refractivity contribution in [1.82, 2.24) is 4.90 Å². The first-order valence-corrected chi connectivity index (χ1v) is 10.8. The summed E-state index contributed by atoms with van der Waals surface area (Å²) < 4.78 is 0. The first-order chi connectivity index (χ1) is 14.3. The molecule has 1 saturated heterocycles. The van der Waals surface area contributed by atoms with Gasteiger partial charge in [-0.05, 0) is 48.2 Å². The van der Waals surface area contributed by atoms with Crippen molar-refractivity contribution in [3.05, 3.63) is 69.7 Å². The highest BCUT2D eigenvalue weighted by molar-refractivity contribution is 6.30. The molecule has 1 heterocycles. The number of likely N-dealkylation sites (tertiary alicyclic amines) is 1. The second-order valence-corrected chi connectivity index (χ2v) is 8.55. The third-order valence-electron chi connectivity index (χ3n) is 5.81. The maximum Gasteiger partial charge on any atom is 0.304 e. The number of halogens is 2. The zero-order valence-electron chi connectivity index (χ0n) is 16.7. The third-order valence-corrected chi connectivity index (χ3v) is 6.29. The number of carboxylic acids is 1. The van der Waals surface area contributed by atoms with Crippen LogP contribution in [0.15, 0.2) is 48.5 Å². The number of aliphatic hydroxyl groups is 1. The van der Waals surface area contributed by atoms with Crippen LogP contribution in [-0.4, -0.2) is 39.6 Å². The fourth-order valence-corrected chi connectivity index (χ4v) is 4.71. The van der Waals surface area contributed by atoms with Crippen LogP contribution in [0.25, 0.3) is 0 Å². The second-order valence-electron chi connectivity index (χ2n) is 7.68. The molecule has 2 aromatic carbocycles. The van der Waals surface area contributed by atoms with E-state index in [1.54, 1.807) is 23.1 Å². The highest BCUT2D eigenvalue weighted by Gasteiger charge is 2.45. The highest BCUT2D eigenvalue weighted by Crippen LogP contribution is 2.47. The second kappa shape index (κ2) is 9.82. The number of benzene rings is 2. The van der Waals surface area contributed by atoms with Gasteiger partial charge in [0, 0.05) is 21.9 Å². The number of rotatable bonds is 7. The Bertz CT molecular complexity index is 898. The largest absolute Gasteiger partial charge is 0.481 e. The molecule has 0 spiro atoms. The standard InChI is InChI=1S/C23H25Cl2NO4/c1-2-19(13-27)26-22(14-6-8-17(24)9-7-14)20(15-4-3-5-18(25)10-15)11-16(23(26)30)12-21(28)29/h3-10,16,19-20,22,27H,2,11-13H2,1H3,(H,28,29)/t16-,19+,20-,22?/m1/s1. The maximum absolute atomic E-state index is 13.4. The topological polar surface area (TPSA) is 77.8 Å². The van der Waals surface area contributed by atoms with Gasteiger partial charge in [0.2, 0.25) is 5.91 Å². The van der Waals surface area contributed by atoms with Crippen molar-refractivity contribution in [3.63, 3.8) is 0 Å². The molecule has 0 radical (unpaired) electrons. The minimum absolute atomic E-state index is 0.174. The summed E-state index contributed by atoms with van der Waals surface area (Å²) in [5.41, 5.74) is 1.82. The Balaban J connectivity index is 2.16. The summed E-state index contributed by atoms with van der Waals surface area (Å²) >= 11 is 12.3. The van der Waals surface area contributed by atoms with Gasteiger partial charge in [-0.25, -0.2) is 0 Å². The lowest BCUT2D eigenvalue weighted by Gasteiger charge is -2.48. The first-order valence-electron chi connectivity index (χ1n) is 10.0. The first kappa shape index (κ1) is 22.6. The zero-order valence-corrected chi connectivity index (χ0v) is 18.2. The minimum atomic E-state index is -1.01. The van der Waals surface area contributed by atoms with E-state index in [0.29, 0.717) is 22.9 Å². The van der Waals surface area contributed by atoms with Gasteiger partial charge in [-0.2, -0.15) is 0 Å². The van der Waals surface area contributed by atoms with Crippen LogP contribution in [-0.2, 0) is 9.59 Å². The van der Waals surface area contributed by atoms with Gasteiger partial charge in [-0.1, -0.05) is 54.4 Å². The summed E-state index contributed by atoms with van der Waals surface area (Å²) in [6.45, 7) is 1.71. The van der Waals surface area contributed by atoms with E-state index in [-0.39, 0.29) is 30.9 Å². The van der Waals surface area contributed by atoms with Gasteiger partial charge in [-0.15, -0.1) is 0 Å². The number of hydrogen-bond acceptors (Lipinski definition) is 3. The van der Waals surface area contributed by atoms with Crippen LogP contribution in [0, 0.1) is 5.92 Å². The van der Waals surface area contributed by atoms with Gasteiger partial charge in [0.25, 0.3) is 0 Å². The molecule has 30 heavy (non-hydrogen) atoms. The number of aliphatic hydroxyl groups excluding tert-OH is 1. The molecule has 1 unspecified atom stereocenters. The van der Waals surface area contributed by atoms with Gasteiger partial charge in [0.15, 0.2) is 0 Å². The molecule has 3 rings (SSSR count). The van der Waals surface area contributed by atoms with Crippen LogP contribution in [0.4, 0.5) is 0 Å². The number of aliphatic carboxylic acids is 1. The van der Waals surface area contributed by atoms with Crippen LogP contribution in [0.2, 0.25) is 10.0 Å². The average molecular weight is 450 g/mol. The number of piperidine rings is 1. The monoisotopic (exact) mass is 449 g/mol. The van der Waals surface area contributed by atoms with Gasteiger partial charge < -0.3 is 15.1 Å². The van der Waals surface area contributed by atoms with Gasteiger partial charge in [-0.3, -0.25) is 9.59 Å². The molecule has 0 aliphatic carbocycles. The van der Waals surface area contributed by atoms with Gasteiger partial charge in [0.05, 0.1) is 25.1 Å². The van der Waals surface area contributed by atoms with Crippen LogP contribution in [0.3, 0.4) is 0 Å². The van der Waals surface area contributed by atoms with Gasteiger partial charge in [0.1, 0.15) is 0 Å². The van der Waals surface area contributed by atoms with Crippen molar-refractivity contribution in [1.29, 1.82) is 0 Å². The number of carboxylic acid groups (broad SMARTS) is 1. The molecule has 4 atom stereocenters. The van der Waals surface area contributed by atoms with Crippen molar-refractivity contribution in [2.24, 2.45) is 5.92 Å². The smallest absolute Gasteiger partial charge is 0.304 e. The molecule has 0 saturated carbocycles. The van der Waals surface area contributed by atoms with Crippen molar-refractivity contribution >= 4 is 35.1 Å². The normalized spacial score (nSPS) is 22.7. The third kappa shape index (κ3) is 4.80. The van der Waals surface area contributed by atoms with Crippen molar-refractivity contribution in [2.45, 2.75) is 44.2 Å². The van der Waals surface area contributed by atoms with E-state index in [9.17, 15) is 19.8 Å². The van der Waals surface area contributed by atoms with Crippen molar-refractivity contribution in [2.75, 3.05) is 6.61 Å². The Hall–Kier alpha value is -2.08. The van der Waals surface area contributed by atoms with E-state index in [1.165, 1.54) is 0 Å². The summed E-state index contributed by atoms with van der Waals surface area (Å²) in [5.74, 6) is -2.10. The number of amides is 1. The summed E-state index contributed by atoms with van der Waals surface area (Å²) in [4.78, 5) is 26.6. The lowest BCUT2D eigenvalue weighted by molar-refractivity contribution is -0.153. The molecule has 160 valence electrons. The van der Waals surface area contributed by atoms with E-state index in [1.807, 2.05) is 37.3 Å². The van der Waals surface area contributed by atoms with Crippen molar-refractivity contribution < 1.29 is 19.8 Å². The molecule has 2 N–H and O–H groups in total. The zero-order chi connectivity index (χ0) is 21.8. The lowest BCUT2D eigenvalue weighted by Crippen LogP contribution is -2.53. The van der Waals surface area contributed by atoms with Crippen LogP contribution < -0.4 is 0 Å². The fourth-order valence-electron chi connectivity index (χ4n) is 4.39. The summed E-state index contributed by atoms with van der Waals surface area (Å²) in [7, 11) is 0.